The molecule has 3 amide bonds. The summed E-state index contributed by atoms with van der Waals surface area (Å²) in [6.45, 7) is 8.63. The molecule has 0 radical (unpaired) electrons. The number of piperidine rings is 1. The van der Waals surface area contributed by atoms with Crippen molar-refractivity contribution in [3.05, 3.63) is 35.2 Å². The molecule has 0 saturated carbocycles. The van der Waals surface area contributed by atoms with E-state index in [4.69, 9.17) is 10.7 Å². The Morgan fingerprint density at radius 3 is 2.57 bits per heavy atom. The smallest absolute Gasteiger partial charge is 0.254 e. The Hall–Kier alpha value is -3.44. The molecule has 0 aromatic carbocycles. The number of aliphatic imine (C=N–C) groups is 1. The minimum absolute atomic E-state index is 0.0351. The number of hydrogen-bond acceptors (Lipinski definition) is 7. The monoisotopic (exact) mass is 509 g/mol. The predicted molar refractivity (Wildman–Crippen MR) is 139 cm³/mol. The number of nitrogens with one attached hydrogen (secondary N) is 1. The molecule has 4 heterocycles. The lowest BCUT2D eigenvalue weighted by Gasteiger charge is -2.33. The van der Waals surface area contributed by atoms with Gasteiger partial charge in [0.2, 0.25) is 0 Å². The van der Waals surface area contributed by atoms with E-state index in [0.29, 0.717) is 48.2 Å². The van der Waals surface area contributed by atoms with Gasteiger partial charge in [0.15, 0.2) is 5.65 Å². The largest absolute Gasteiger partial charge is 0.382 e. The van der Waals surface area contributed by atoms with Crippen LogP contribution >= 0.6 is 0 Å². The highest BCUT2D eigenvalue weighted by molar-refractivity contribution is 6.07. The summed E-state index contributed by atoms with van der Waals surface area (Å²) < 4.78 is 1.79. The number of carbonyl (C=O) groups is 3. The zero-order valence-corrected chi connectivity index (χ0v) is 21.8. The molecule has 0 bridgehead atoms. The molecule has 11 heteroatoms. The first kappa shape index (κ1) is 26.6. The number of rotatable bonds is 7. The average molecular weight is 510 g/mol. The van der Waals surface area contributed by atoms with Crippen LogP contribution in [0, 0.1) is 5.92 Å². The second kappa shape index (κ2) is 10.9. The topological polar surface area (TPSA) is 156 Å². The van der Waals surface area contributed by atoms with Crippen LogP contribution in [-0.2, 0) is 9.59 Å². The average Bonchev–Trinajstić information content (AvgIpc) is 3.31. The number of aliphatic hydroxyl groups excluding tert-OH is 1. The summed E-state index contributed by atoms with van der Waals surface area (Å²) in [5, 5.41) is 17.8. The minimum atomic E-state index is -1.19. The molecular formula is C26H35N7O4. The molecule has 11 nitrogen and oxygen atoms in total. The van der Waals surface area contributed by atoms with Crippen LogP contribution in [0.2, 0.25) is 0 Å². The number of carbonyl (C=O) groups excluding carboxylic acids is 3. The molecule has 0 spiro atoms. The van der Waals surface area contributed by atoms with Crippen molar-refractivity contribution < 1.29 is 19.5 Å². The van der Waals surface area contributed by atoms with Gasteiger partial charge in [-0.1, -0.05) is 5.57 Å². The predicted octanol–water partition coefficient (Wildman–Crippen LogP) is 1.33. The summed E-state index contributed by atoms with van der Waals surface area (Å²) in [6.07, 6.45) is 3.62. The number of aromatic nitrogens is 3. The molecule has 198 valence electrons. The number of dihydropyridines is 1. The van der Waals surface area contributed by atoms with Gasteiger partial charge in [0.05, 0.1) is 23.1 Å². The fourth-order valence-electron chi connectivity index (χ4n) is 4.97. The van der Waals surface area contributed by atoms with Gasteiger partial charge in [-0.3, -0.25) is 14.4 Å². The van der Waals surface area contributed by atoms with Gasteiger partial charge in [-0.25, -0.2) is 14.7 Å². The van der Waals surface area contributed by atoms with Crippen LogP contribution in [0.3, 0.4) is 0 Å². The molecule has 1 saturated heterocycles. The number of aliphatic hydroxyl groups is 1. The molecular weight excluding hydrogens is 474 g/mol. The molecule has 4 rings (SSSR count). The van der Waals surface area contributed by atoms with Crippen molar-refractivity contribution in [2.24, 2.45) is 16.6 Å². The van der Waals surface area contributed by atoms with Crippen molar-refractivity contribution in [1.82, 2.24) is 25.0 Å². The maximum absolute atomic E-state index is 13.4. The highest BCUT2D eigenvalue weighted by Crippen LogP contribution is 2.31. The lowest BCUT2D eigenvalue weighted by molar-refractivity contribution is -0.140. The number of nitrogens with zero attached hydrogens (tertiary/aromatic N) is 5. The fourth-order valence-corrected chi connectivity index (χ4v) is 4.97. The van der Waals surface area contributed by atoms with E-state index in [0.717, 1.165) is 11.3 Å². The van der Waals surface area contributed by atoms with Gasteiger partial charge in [0.1, 0.15) is 6.10 Å². The summed E-state index contributed by atoms with van der Waals surface area (Å²) in [5.74, 6) is -1.38. The number of likely N-dealkylation sites (tertiary alicyclic amines) is 1. The number of pyridine rings is 1. The Kier molecular flexibility index (Phi) is 7.84. The summed E-state index contributed by atoms with van der Waals surface area (Å²) in [4.78, 5) is 48.7. The van der Waals surface area contributed by atoms with Crippen LogP contribution in [0.15, 0.2) is 28.9 Å². The lowest BCUT2D eigenvalue weighted by atomic mass is 9.91. The van der Waals surface area contributed by atoms with E-state index in [1.165, 1.54) is 0 Å². The maximum Gasteiger partial charge on any atom is 0.254 e. The third kappa shape index (κ3) is 5.47. The zero-order chi connectivity index (χ0) is 26.9. The van der Waals surface area contributed by atoms with Gasteiger partial charge < -0.3 is 21.1 Å². The van der Waals surface area contributed by atoms with E-state index in [-0.39, 0.29) is 42.8 Å². The highest BCUT2D eigenvalue weighted by Gasteiger charge is 2.30. The molecule has 2 aromatic heterocycles. The normalized spacial score (nSPS) is 19.7. The highest BCUT2D eigenvalue weighted by atomic mass is 16.3. The van der Waals surface area contributed by atoms with Crippen LogP contribution < -0.4 is 11.1 Å². The molecule has 2 aliphatic rings. The van der Waals surface area contributed by atoms with Crippen molar-refractivity contribution in [3.8, 4) is 0 Å². The molecule has 2 unspecified atom stereocenters. The second-order valence-electron chi connectivity index (χ2n) is 10.1. The Morgan fingerprint density at radius 1 is 1.24 bits per heavy atom. The van der Waals surface area contributed by atoms with Crippen molar-refractivity contribution in [2.75, 3.05) is 26.2 Å². The molecule has 37 heavy (non-hydrogen) atoms. The van der Waals surface area contributed by atoms with E-state index in [9.17, 15) is 19.5 Å². The van der Waals surface area contributed by atoms with Crippen molar-refractivity contribution in [2.45, 2.75) is 58.6 Å². The first-order chi connectivity index (χ1) is 17.6. The van der Waals surface area contributed by atoms with Crippen molar-refractivity contribution in [1.29, 1.82) is 0 Å². The van der Waals surface area contributed by atoms with E-state index in [2.05, 4.69) is 15.4 Å². The lowest BCUT2D eigenvalue weighted by Crippen LogP contribution is -2.46. The van der Waals surface area contributed by atoms with E-state index in [1.54, 1.807) is 28.8 Å². The first-order valence-electron chi connectivity index (χ1n) is 12.7. The van der Waals surface area contributed by atoms with Crippen molar-refractivity contribution >= 4 is 34.5 Å². The van der Waals surface area contributed by atoms with E-state index >= 15 is 0 Å². The van der Waals surface area contributed by atoms with Crippen LogP contribution in [0.5, 0.6) is 0 Å². The third-order valence-electron chi connectivity index (χ3n) is 7.09. The molecule has 2 atom stereocenters. The van der Waals surface area contributed by atoms with Crippen LogP contribution in [-0.4, -0.2) is 80.5 Å². The van der Waals surface area contributed by atoms with Gasteiger partial charge in [-0.15, -0.1) is 0 Å². The molecule has 1 fully saturated rings. The number of amides is 3. The van der Waals surface area contributed by atoms with Crippen LogP contribution in [0.25, 0.3) is 11.0 Å². The number of fused-ring (bicyclic) bond motifs is 1. The Morgan fingerprint density at radius 2 is 1.95 bits per heavy atom. The first-order valence-corrected chi connectivity index (χ1v) is 12.7. The molecule has 2 aromatic rings. The molecule has 0 aliphatic carbocycles. The van der Waals surface area contributed by atoms with Crippen LogP contribution in [0.1, 0.15) is 68.5 Å². The zero-order valence-electron chi connectivity index (χ0n) is 21.8. The summed E-state index contributed by atoms with van der Waals surface area (Å²) >= 11 is 0. The maximum atomic E-state index is 13.4. The third-order valence-corrected chi connectivity index (χ3v) is 7.09. The molecule has 4 N–H and O–H groups in total. The molecule has 2 aliphatic heterocycles. The Bertz CT molecular complexity index is 1270. The summed E-state index contributed by atoms with van der Waals surface area (Å²) in [6, 6.07) is 1.84. The van der Waals surface area contributed by atoms with E-state index < -0.39 is 12.0 Å². The summed E-state index contributed by atoms with van der Waals surface area (Å²) in [5.41, 5.74) is 8.81. The number of allylic oxidation sites excluding steroid dienone is 1. The Balaban J connectivity index is 1.58. The second-order valence-corrected chi connectivity index (χ2v) is 10.1. The van der Waals surface area contributed by atoms with Crippen molar-refractivity contribution in [3.63, 3.8) is 0 Å². The van der Waals surface area contributed by atoms with Gasteiger partial charge >= 0.3 is 0 Å². The minimum Gasteiger partial charge on any atom is -0.382 e. The van der Waals surface area contributed by atoms with Gasteiger partial charge in [-0.05, 0) is 52.7 Å². The Labute approximate surface area is 215 Å². The fraction of sp³-hybridized carbons (Fsp3) is 0.538. The van der Waals surface area contributed by atoms with Crippen LogP contribution in [0.4, 0.5) is 0 Å². The number of hydrogen-bond donors (Lipinski definition) is 3. The number of nitrogens with two attached hydrogens (primary N) is 1. The quantitative estimate of drug-likeness (QED) is 0.508. The summed E-state index contributed by atoms with van der Waals surface area (Å²) in [7, 11) is 0. The SMILES string of the molecule is CC1=CC(C)=NC(=O)C1CNC(=O)c1cc(C2CCN(C(=O)C(O)CN)CC2)nc2c1cnn2C(C)C. The van der Waals surface area contributed by atoms with Gasteiger partial charge in [0, 0.05) is 49.5 Å². The standard InChI is InChI=1S/C26H35N7O4/c1-14(2)33-23-20(13-29-33)18(24(35)28-12-19-15(3)9-16(4)30-25(19)36)10-21(31-23)17-5-7-32(8-6-17)26(37)22(34)11-27/h9-10,13-14,17,19,22,34H,5-8,11-12,27H2,1-4H3,(H,28,35). The van der Waals surface area contributed by atoms with Gasteiger partial charge in [0.25, 0.3) is 17.7 Å². The van der Waals surface area contributed by atoms with E-state index in [1.807, 2.05) is 26.8 Å². The van der Waals surface area contributed by atoms with Gasteiger partial charge in [-0.2, -0.15) is 5.10 Å².